The molecule has 8 heteroatoms. The van der Waals surface area contributed by atoms with E-state index in [1.165, 1.54) is 0 Å². The minimum absolute atomic E-state index is 0.0844. The average molecular weight is 471 g/mol. The Labute approximate surface area is 197 Å². The maximum Gasteiger partial charge on any atom is 0.232 e. The zero-order chi connectivity index (χ0) is 23.8. The highest BCUT2D eigenvalue weighted by molar-refractivity contribution is 7.84. The molecule has 1 unspecified atom stereocenters. The molecular formula is C25H30N2O5S. The first-order chi connectivity index (χ1) is 15.9. The van der Waals surface area contributed by atoms with E-state index in [1.54, 1.807) is 14.0 Å². The predicted molar refractivity (Wildman–Crippen MR) is 129 cm³/mol. The van der Waals surface area contributed by atoms with E-state index in [0.717, 1.165) is 16.7 Å². The lowest BCUT2D eigenvalue weighted by Crippen LogP contribution is -2.30. The van der Waals surface area contributed by atoms with Crippen LogP contribution < -0.4 is 14.8 Å². The Bertz CT molecular complexity index is 1110. The van der Waals surface area contributed by atoms with Crippen molar-refractivity contribution in [1.29, 1.82) is 0 Å². The molecule has 0 aliphatic heterocycles. The number of nitrogens with zero attached hydrogens (tertiary/aromatic N) is 1. The van der Waals surface area contributed by atoms with Gasteiger partial charge in [-0.1, -0.05) is 23.8 Å². The van der Waals surface area contributed by atoms with Crippen molar-refractivity contribution in [2.45, 2.75) is 32.9 Å². The van der Waals surface area contributed by atoms with E-state index in [2.05, 4.69) is 10.3 Å². The van der Waals surface area contributed by atoms with Crippen LogP contribution in [0, 0.1) is 13.8 Å². The zero-order valence-corrected chi connectivity index (χ0v) is 20.3. The number of ether oxygens (including phenoxy) is 2. The zero-order valence-electron chi connectivity index (χ0n) is 19.5. The first-order valence-electron chi connectivity index (χ1n) is 10.8. The van der Waals surface area contributed by atoms with Gasteiger partial charge in [0.1, 0.15) is 11.5 Å². The first-order valence-corrected chi connectivity index (χ1v) is 12.3. The summed E-state index contributed by atoms with van der Waals surface area (Å²) in [6, 6.07) is 13.5. The van der Waals surface area contributed by atoms with E-state index in [1.807, 2.05) is 56.3 Å². The van der Waals surface area contributed by atoms with Crippen LogP contribution in [0.15, 0.2) is 46.9 Å². The molecule has 3 rings (SSSR count). The van der Waals surface area contributed by atoms with Crippen molar-refractivity contribution in [3.63, 3.8) is 0 Å². The number of benzene rings is 2. The minimum atomic E-state index is -1.39. The molecule has 1 aromatic heterocycles. The number of rotatable bonds is 11. The molecule has 2 aromatic carbocycles. The number of aromatic nitrogens is 1. The molecule has 33 heavy (non-hydrogen) atoms. The number of amides is 1. The largest absolute Gasteiger partial charge is 0.493 e. The van der Waals surface area contributed by atoms with E-state index in [-0.39, 0.29) is 17.4 Å². The first kappa shape index (κ1) is 24.5. The summed E-state index contributed by atoms with van der Waals surface area (Å²) in [5, 5.41) is 2.83. The summed E-state index contributed by atoms with van der Waals surface area (Å²) in [5.74, 6) is 2.29. The Kier molecular flexibility index (Phi) is 8.65. The summed E-state index contributed by atoms with van der Waals surface area (Å²) < 4.78 is 29.1. The second-order valence-corrected chi connectivity index (χ2v) is 9.09. The molecule has 0 bridgehead atoms. The Balaban J connectivity index is 1.49. The van der Waals surface area contributed by atoms with Crippen LogP contribution in [-0.2, 0) is 27.8 Å². The predicted octanol–water partition coefficient (Wildman–Crippen LogP) is 3.97. The molecule has 0 fully saturated rings. The van der Waals surface area contributed by atoms with Crippen LogP contribution in [0.4, 0.5) is 0 Å². The molecule has 0 radical (unpaired) electrons. The lowest BCUT2D eigenvalue weighted by Gasteiger charge is -2.11. The third-order valence-electron chi connectivity index (χ3n) is 5.04. The van der Waals surface area contributed by atoms with Crippen molar-refractivity contribution in [3.05, 3.63) is 65.0 Å². The Morgan fingerprint density at radius 2 is 1.88 bits per heavy atom. The average Bonchev–Trinajstić information content (AvgIpc) is 3.14. The number of hydrogen-bond acceptors (Lipinski definition) is 6. The Morgan fingerprint density at radius 1 is 1.12 bits per heavy atom. The van der Waals surface area contributed by atoms with Gasteiger partial charge >= 0.3 is 0 Å². The highest BCUT2D eigenvalue weighted by atomic mass is 32.2. The fourth-order valence-electron chi connectivity index (χ4n) is 3.27. The van der Waals surface area contributed by atoms with Gasteiger partial charge in [0.05, 0.1) is 25.2 Å². The lowest BCUT2D eigenvalue weighted by molar-refractivity contribution is -0.118. The highest BCUT2D eigenvalue weighted by Crippen LogP contribution is 2.28. The molecule has 0 spiro atoms. The smallest absolute Gasteiger partial charge is 0.232 e. The van der Waals surface area contributed by atoms with E-state index in [0.29, 0.717) is 48.4 Å². The fraction of sp³-hybridized carbons (Fsp3) is 0.360. The second kappa shape index (κ2) is 11.7. The van der Waals surface area contributed by atoms with E-state index < -0.39 is 10.8 Å². The van der Waals surface area contributed by atoms with Gasteiger partial charge in [-0.3, -0.25) is 9.00 Å². The van der Waals surface area contributed by atoms with Crippen molar-refractivity contribution >= 4 is 16.7 Å². The molecule has 7 nitrogen and oxygen atoms in total. The fourth-order valence-corrected chi connectivity index (χ4v) is 4.34. The SMILES string of the molecule is CCOc1cc(CCNC(=O)CS(=O)Cc2nc(-c3ccc(C)cc3)oc2C)ccc1OC. The van der Waals surface area contributed by atoms with Crippen LogP contribution in [0.2, 0.25) is 0 Å². The number of carbonyl (C=O) groups is 1. The molecule has 176 valence electrons. The van der Waals surface area contributed by atoms with Gasteiger partial charge in [0, 0.05) is 22.9 Å². The van der Waals surface area contributed by atoms with Crippen molar-refractivity contribution < 1.29 is 22.9 Å². The summed E-state index contributed by atoms with van der Waals surface area (Å²) >= 11 is 0. The van der Waals surface area contributed by atoms with Crippen LogP contribution in [0.3, 0.4) is 0 Å². The molecular weight excluding hydrogens is 440 g/mol. The third kappa shape index (κ3) is 6.92. The molecule has 3 aromatic rings. The van der Waals surface area contributed by atoms with Gasteiger partial charge in [-0.2, -0.15) is 0 Å². The van der Waals surface area contributed by atoms with E-state index >= 15 is 0 Å². The molecule has 0 aliphatic rings. The molecule has 0 saturated heterocycles. The van der Waals surface area contributed by atoms with E-state index in [4.69, 9.17) is 13.9 Å². The van der Waals surface area contributed by atoms with Gasteiger partial charge in [-0.25, -0.2) is 4.98 Å². The Morgan fingerprint density at radius 3 is 2.58 bits per heavy atom. The summed E-state index contributed by atoms with van der Waals surface area (Å²) in [4.78, 5) is 16.7. The Hall–Kier alpha value is -3.13. The van der Waals surface area contributed by atoms with Gasteiger partial charge < -0.3 is 19.2 Å². The van der Waals surface area contributed by atoms with Crippen molar-refractivity contribution in [1.82, 2.24) is 10.3 Å². The third-order valence-corrected chi connectivity index (χ3v) is 6.22. The summed E-state index contributed by atoms with van der Waals surface area (Å²) in [6.45, 7) is 6.70. The van der Waals surface area contributed by atoms with Crippen molar-refractivity contribution in [3.8, 4) is 23.0 Å². The molecule has 0 saturated carbocycles. The van der Waals surface area contributed by atoms with Crippen LogP contribution >= 0.6 is 0 Å². The monoisotopic (exact) mass is 470 g/mol. The van der Waals surface area contributed by atoms with Crippen LogP contribution in [-0.4, -0.2) is 41.1 Å². The second-order valence-electron chi connectivity index (χ2n) is 7.63. The van der Waals surface area contributed by atoms with Gasteiger partial charge in [-0.15, -0.1) is 0 Å². The standard InChI is InChI=1S/C25H30N2O5S/c1-5-31-23-14-19(8-11-22(23)30-4)12-13-26-24(28)16-33(29)15-21-18(3)32-25(27-21)20-9-6-17(2)7-10-20/h6-11,14H,5,12-13,15-16H2,1-4H3,(H,26,28). The van der Waals surface area contributed by atoms with Crippen molar-refractivity contribution in [2.75, 3.05) is 26.0 Å². The quantitative estimate of drug-likeness (QED) is 0.456. The topological polar surface area (TPSA) is 90.7 Å². The number of nitrogens with one attached hydrogen (secondary N) is 1. The van der Waals surface area contributed by atoms with Gasteiger partial charge in [0.25, 0.3) is 0 Å². The molecule has 1 amide bonds. The van der Waals surface area contributed by atoms with Gasteiger partial charge in [0.2, 0.25) is 11.8 Å². The number of hydrogen-bond donors (Lipinski definition) is 1. The maximum absolute atomic E-state index is 12.5. The molecule has 1 heterocycles. The highest BCUT2D eigenvalue weighted by Gasteiger charge is 2.16. The maximum atomic E-state index is 12.5. The number of aryl methyl sites for hydroxylation is 2. The van der Waals surface area contributed by atoms with E-state index in [9.17, 15) is 9.00 Å². The normalized spacial score (nSPS) is 11.8. The number of methoxy groups -OCH3 is 1. The lowest BCUT2D eigenvalue weighted by atomic mass is 10.1. The molecule has 1 atom stereocenters. The molecule has 1 N–H and O–H groups in total. The summed E-state index contributed by atoms with van der Waals surface area (Å²) in [6.07, 6.45) is 0.630. The van der Waals surface area contributed by atoms with Gasteiger partial charge in [-0.05, 0) is 57.0 Å². The summed E-state index contributed by atoms with van der Waals surface area (Å²) in [5.41, 5.74) is 3.64. The van der Waals surface area contributed by atoms with Crippen LogP contribution in [0.25, 0.3) is 11.5 Å². The van der Waals surface area contributed by atoms with Crippen LogP contribution in [0.1, 0.15) is 29.5 Å². The summed E-state index contributed by atoms with van der Waals surface area (Å²) in [7, 11) is 0.211. The minimum Gasteiger partial charge on any atom is -0.493 e. The number of oxazole rings is 1. The van der Waals surface area contributed by atoms with Gasteiger partial charge in [0.15, 0.2) is 11.5 Å². The number of carbonyl (C=O) groups excluding carboxylic acids is 1. The van der Waals surface area contributed by atoms with Crippen LogP contribution in [0.5, 0.6) is 11.5 Å². The van der Waals surface area contributed by atoms with Crippen molar-refractivity contribution in [2.24, 2.45) is 0 Å². The molecule has 0 aliphatic carbocycles.